The molecule has 1 fully saturated rings. The molecule has 0 heterocycles. The highest BCUT2D eigenvalue weighted by molar-refractivity contribution is 7.84. The third-order valence-electron chi connectivity index (χ3n) is 2.52. The average Bonchev–Trinajstić information content (AvgIpc) is 2.80. The minimum atomic E-state index is -0.908. The van der Waals surface area contributed by atoms with Crippen LogP contribution in [0.5, 0.6) is 0 Å². The van der Waals surface area contributed by atoms with Gasteiger partial charge in [0.2, 0.25) is 5.91 Å². The van der Waals surface area contributed by atoms with E-state index in [0.29, 0.717) is 5.75 Å². The van der Waals surface area contributed by atoms with Gasteiger partial charge in [0.25, 0.3) is 0 Å². The lowest BCUT2D eigenvalue weighted by Gasteiger charge is -2.17. The lowest BCUT2D eigenvalue weighted by molar-refractivity contribution is -0.124. The van der Waals surface area contributed by atoms with Gasteiger partial charge in [-0.1, -0.05) is 12.2 Å². The van der Waals surface area contributed by atoms with Crippen LogP contribution >= 0.6 is 12.2 Å². The Morgan fingerprint density at radius 2 is 2.20 bits per heavy atom. The Morgan fingerprint density at radius 1 is 1.67 bits per heavy atom. The molecule has 1 rings (SSSR count). The maximum Gasteiger partial charge on any atom is 0.233 e. The molecule has 3 N–H and O–H groups in total. The second kappa shape index (κ2) is 4.57. The summed E-state index contributed by atoms with van der Waals surface area (Å²) in [7, 11) is -0.908. The Kier molecular flexibility index (Phi) is 3.83. The van der Waals surface area contributed by atoms with Crippen LogP contribution in [0.3, 0.4) is 0 Å². The fourth-order valence-electron chi connectivity index (χ4n) is 1.47. The van der Waals surface area contributed by atoms with Crippen molar-refractivity contribution in [1.29, 1.82) is 0 Å². The number of amides is 1. The molecule has 1 amide bonds. The summed E-state index contributed by atoms with van der Waals surface area (Å²) in [5, 5.41) is 2.80. The molecule has 0 bridgehead atoms. The SMILES string of the molecule is CC(CS(C)=O)NC(=O)C1(C(N)=S)CC1. The molecule has 1 aliphatic carbocycles. The van der Waals surface area contributed by atoms with E-state index in [1.165, 1.54) is 0 Å². The van der Waals surface area contributed by atoms with Gasteiger partial charge >= 0.3 is 0 Å². The second-order valence-corrected chi connectivity index (χ2v) is 5.98. The Labute approximate surface area is 97.4 Å². The van der Waals surface area contributed by atoms with Gasteiger partial charge in [-0.25, -0.2) is 0 Å². The highest BCUT2D eigenvalue weighted by Gasteiger charge is 2.52. The normalized spacial score (nSPS) is 21.5. The van der Waals surface area contributed by atoms with Gasteiger partial charge < -0.3 is 11.1 Å². The lowest BCUT2D eigenvalue weighted by atomic mass is 10.1. The Balaban J connectivity index is 2.49. The predicted octanol–water partition coefficient (Wildman–Crippen LogP) is -0.0641. The molecule has 1 aliphatic rings. The molecule has 0 radical (unpaired) electrons. The summed E-state index contributed by atoms with van der Waals surface area (Å²) >= 11 is 4.87. The molecule has 0 spiro atoms. The highest BCUT2D eigenvalue weighted by Crippen LogP contribution is 2.46. The number of hydrogen-bond acceptors (Lipinski definition) is 3. The van der Waals surface area contributed by atoms with Gasteiger partial charge in [0.15, 0.2) is 0 Å². The maximum atomic E-state index is 11.8. The molecule has 0 aromatic rings. The van der Waals surface area contributed by atoms with Crippen LogP contribution in [0, 0.1) is 5.41 Å². The molecule has 0 aliphatic heterocycles. The van der Waals surface area contributed by atoms with Crippen LogP contribution in [0.25, 0.3) is 0 Å². The van der Waals surface area contributed by atoms with Crippen LogP contribution < -0.4 is 11.1 Å². The minimum absolute atomic E-state index is 0.102. The van der Waals surface area contributed by atoms with E-state index in [9.17, 15) is 9.00 Å². The summed E-state index contributed by atoms with van der Waals surface area (Å²) in [5.41, 5.74) is 4.91. The number of hydrogen-bond donors (Lipinski definition) is 2. The van der Waals surface area contributed by atoms with Crippen LogP contribution in [0.2, 0.25) is 0 Å². The largest absolute Gasteiger partial charge is 0.392 e. The van der Waals surface area contributed by atoms with Crippen LogP contribution in [-0.4, -0.2) is 33.2 Å². The fraction of sp³-hybridized carbons (Fsp3) is 0.778. The minimum Gasteiger partial charge on any atom is -0.392 e. The smallest absolute Gasteiger partial charge is 0.233 e. The van der Waals surface area contributed by atoms with Crippen molar-refractivity contribution in [3.8, 4) is 0 Å². The number of rotatable bonds is 5. The molecule has 15 heavy (non-hydrogen) atoms. The average molecular weight is 248 g/mol. The maximum absolute atomic E-state index is 11.8. The Hall–Kier alpha value is -0.490. The van der Waals surface area contributed by atoms with Crippen molar-refractivity contribution in [1.82, 2.24) is 5.32 Å². The number of carbonyl (C=O) groups excluding carboxylic acids is 1. The molecule has 4 nitrogen and oxygen atoms in total. The van der Waals surface area contributed by atoms with E-state index >= 15 is 0 Å². The predicted molar refractivity (Wildman–Crippen MR) is 65.0 cm³/mol. The van der Waals surface area contributed by atoms with Crippen LogP contribution in [-0.2, 0) is 15.6 Å². The summed E-state index contributed by atoms with van der Waals surface area (Å²) in [5.74, 6) is 0.340. The van der Waals surface area contributed by atoms with Crippen molar-refractivity contribution >= 4 is 33.9 Å². The topological polar surface area (TPSA) is 72.2 Å². The van der Waals surface area contributed by atoms with Crippen molar-refractivity contribution in [3.05, 3.63) is 0 Å². The lowest BCUT2D eigenvalue weighted by Crippen LogP contribution is -2.45. The van der Waals surface area contributed by atoms with Gasteiger partial charge in [0.05, 0.1) is 10.4 Å². The van der Waals surface area contributed by atoms with Crippen LogP contribution in [0.15, 0.2) is 0 Å². The van der Waals surface area contributed by atoms with E-state index < -0.39 is 16.2 Å². The van der Waals surface area contributed by atoms with Crippen LogP contribution in [0.1, 0.15) is 19.8 Å². The molecule has 6 heteroatoms. The van der Waals surface area contributed by atoms with Gasteiger partial charge in [-0.05, 0) is 19.8 Å². The first kappa shape index (κ1) is 12.6. The molecule has 0 aromatic heterocycles. The van der Waals surface area contributed by atoms with E-state index in [-0.39, 0.29) is 16.9 Å². The van der Waals surface area contributed by atoms with Crippen molar-refractivity contribution < 1.29 is 9.00 Å². The molecule has 1 saturated carbocycles. The first-order valence-corrected chi connectivity index (χ1v) is 6.93. The monoisotopic (exact) mass is 248 g/mol. The van der Waals surface area contributed by atoms with E-state index in [0.717, 1.165) is 12.8 Å². The molecule has 0 saturated heterocycles. The molecule has 86 valence electrons. The molecular weight excluding hydrogens is 232 g/mol. The Morgan fingerprint density at radius 3 is 2.53 bits per heavy atom. The van der Waals surface area contributed by atoms with Gasteiger partial charge in [-0.15, -0.1) is 0 Å². The second-order valence-electron chi connectivity index (χ2n) is 4.06. The summed E-state index contributed by atoms with van der Waals surface area (Å²) in [6.07, 6.45) is 3.08. The third-order valence-corrected chi connectivity index (χ3v) is 3.88. The first-order chi connectivity index (χ1) is 6.88. The highest BCUT2D eigenvalue weighted by atomic mass is 32.2. The van der Waals surface area contributed by atoms with E-state index in [1.54, 1.807) is 6.26 Å². The number of carbonyl (C=O) groups is 1. The molecular formula is C9H16N2O2S2. The van der Waals surface area contributed by atoms with Gasteiger partial charge in [0, 0.05) is 28.9 Å². The number of nitrogens with one attached hydrogen (secondary N) is 1. The van der Waals surface area contributed by atoms with Crippen molar-refractivity contribution in [2.24, 2.45) is 11.1 Å². The van der Waals surface area contributed by atoms with Crippen LogP contribution in [0.4, 0.5) is 0 Å². The quantitative estimate of drug-likeness (QED) is 0.668. The third kappa shape index (κ3) is 2.98. The zero-order valence-electron chi connectivity index (χ0n) is 8.91. The number of nitrogens with two attached hydrogens (primary N) is 1. The number of thiocarbonyl (C=S) groups is 1. The van der Waals surface area contributed by atoms with E-state index in [1.807, 2.05) is 6.92 Å². The Bertz CT molecular complexity index is 313. The van der Waals surface area contributed by atoms with Gasteiger partial charge in [0.1, 0.15) is 0 Å². The standard InChI is InChI=1S/C9H16N2O2S2/c1-6(5-15(2)13)11-8(12)9(3-4-9)7(10)14/h6H,3-5H2,1-2H3,(H2,10,14)(H,11,12). The van der Waals surface area contributed by atoms with E-state index in [2.05, 4.69) is 5.32 Å². The summed E-state index contributed by atoms with van der Waals surface area (Å²) < 4.78 is 10.9. The summed E-state index contributed by atoms with van der Waals surface area (Å²) in [6.45, 7) is 1.83. The molecule has 2 unspecified atom stereocenters. The van der Waals surface area contributed by atoms with E-state index in [4.69, 9.17) is 18.0 Å². The zero-order valence-corrected chi connectivity index (χ0v) is 10.5. The van der Waals surface area contributed by atoms with Gasteiger partial charge in [-0.2, -0.15) is 0 Å². The summed E-state index contributed by atoms with van der Waals surface area (Å²) in [6, 6.07) is -0.102. The molecule has 0 aromatic carbocycles. The summed E-state index contributed by atoms with van der Waals surface area (Å²) in [4.78, 5) is 12.1. The first-order valence-electron chi connectivity index (χ1n) is 4.79. The zero-order chi connectivity index (χ0) is 11.6. The molecule has 2 atom stereocenters. The van der Waals surface area contributed by atoms with Gasteiger partial charge in [-0.3, -0.25) is 9.00 Å². The fourth-order valence-corrected chi connectivity index (χ4v) is 2.55. The van der Waals surface area contributed by atoms with Crippen molar-refractivity contribution in [3.63, 3.8) is 0 Å². The van der Waals surface area contributed by atoms with Crippen molar-refractivity contribution in [2.45, 2.75) is 25.8 Å². The van der Waals surface area contributed by atoms with Crippen molar-refractivity contribution in [2.75, 3.05) is 12.0 Å².